The summed E-state index contributed by atoms with van der Waals surface area (Å²) in [5.74, 6) is 2.10. The van der Waals surface area contributed by atoms with E-state index in [9.17, 15) is 8.42 Å². The van der Waals surface area contributed by atoms with Gasteiger partial charge in [-0.25, -0.2) is 13.1 Å². The fourth-order valence-corrected chi connectivity index (χ4v) is 3.63. The second-order valence-electron chi connectivity index (χ2n) is 5.55. The summed E-state index contributed by atoms with van der Waals surface area (Å²) in [6.07, 6.45) is 3.64. The van der Waals surface area contributed by atoms with Crippen molar-refractivity contribution >= 4 is 10.0 Å². The molecule has 2 heterocycles. The van der Waals surface area contributed by atoms with Gasteiger partial charge in [0.2, 0.25) is 15.9 Å². The SMILES string of the molecule is Cc1noc(C)c1S(=O)(=O)NCCc1nc(CC2CC2)no1. The molecule has 8 nitrogen and oxygen atoms in total. The van der Waals surface area contributed by atoms with Gasteiger partial charge in [0, 0.05) is 19.4 Å². The summed E-state index contributed by atoms with van der Waals surface area (Å²) >= 11 is 0. The van der Waals surface area contributed by atoms with Crippen LogP contribution in [0.25, 0.3) is 0 Å². The van der Waals surface area contributed by atoms with Crippen LogP contribution < -0.4 is 4.72 Å². The fraction of sp³-hybridized carbons (Fsp3) is 0.615. The first-order valence-corrected chi connectivity index (χ1v) is 8.68. The van der Waals surface area contributed by atoms with Crippen molar-refractivity contribution in [1.82, 2.24) is 20.0 Å². The molecule has 0 unspecified atom stereocenters. The van der Waals surface area contributed by atoms with Crippen LogP contribution in [0, 0.1) is 19.8 Å². The molecule has 0 aromatic carbocycles. The van der Waals surface area contributed by atoms with Gasteiger partial charge in [0.15, 0.2) is 11.6 Å². The average molecular weight is 326 g/mol. The Hall–Kier alpha value is -1.74. The summed E-state index contributed by atoms with van der Waals surface area (Å²) < 4.78 is 36.9. The van der Waals surface area contributed by atoms with Crippen molar-refractivity contribution in [2.24, 2.45) is 5.92 Å². The minimum absolute atomic E-state index is 0.0902. The Balaban J connectivity index is 1.57. The fourth-order valence-electron chi connectivity index (χ4n) is 2.28. The average Bonchev–Trinajstić information content (AvgIpc) is 3.03. The van der Waals surface area contributed by atoms with E-state index in [1.807, 2.05) is 0 Å². The minimum Gasteiger partial charge on any atom is -0.360 e. The first-order valence-electron chi connectivity index (χ1n) is 7.19. The molecule has 2 aromatic heterocycles. The van der Waals surface area contributed by atoms with Gasteiger partial charge in [-0.3, -0.25) is 0 Å². The van der Waals surface area contributed by atoms with Gasteiger partial charge in [-0.05, 0) is 32.6 Å². The Bertz CT molecular complexity index is 741. The van der Waals surface area contributed by atoms with Gasteiger partial charge in [-0.15, -0.1) is 0 Å². The number of nitrogens with one attached hydrogen (secondary N) is 1. The Morgan fingerprint density at radius 1 is 1.23 bits per heavy atom. The number of rotatable bonds is 7. The zero-order valence-electron chi connectivity index (χ0n) is 12.5. The second-order valence-corrected chi connectivity index (χ2v) is 7.26. The zero-order chi connectivity index (χ0) is 15.7. The van der Waals surface area contributed by atoms with Crippen LogP contribution >= 0.6 is 0 Å². The van der Waals surface area contributed by atoms with E-state index in [2.05, 4.69) is 20.0 Å². The molecular weight excluding hydrogens is 308 g/mol. The third-order valence-corrected chi connectivity index (χ3v) is 5.25. The van der Waals surface area contributed by atoms with Gasteiger partial charge in [0.1, 0.15) is 10.6 Å². The number of aromatic nitrogens is 3. The van der Waals surface area contributed by atoms with E-state index < -0.39 is 10.0 Å². The highest BCUT2D eigenvalue weighted by atomic mass is 32.2. The van der Waals surface area contributed by atoms with Crippen molar-refractivity contribution < 1.29 is 17.5 Å². The van der Waals surface area contributed by atoms with E-state index in [1.54, 1.807) is 13.8 Å². The van der Waals surface area contributed by atoms with Gasteiger partial charge in [0.25, 0.3) is 0 Å². The summed E-state index contributed by atoms with van der Waals surface area (Å²) in [6.45, 7) is 3.33. The molecule has 1 aliphatic carbocycles. The van der Waals surface area contributed by atoms with Crippen LogP contribution in [0.5, 0.6) is 0 Å². The molecule has 9 heteroatoms. The molecule has 1 fully saturated rings. The van der Waals surface area contributed by atoms with Crippen LogP contribution in [-0.2, 0) is 22.9 Å². The first-order chi connectivity index (χ1) is 10.5. The smallest absolute Gasteiger partial charge is 0.245 e. The topological polar surface area (TPSA) is 111 Å². The van der Waals surface area contributed by atoms with Crippen LogP contribution in [0.2, 0.25) is 0 Å². The Labute approximate surface area is 128 Å². The van der Waals surface area contributed by atoms with E-state index in [0.29, 0.717) is 29.7 Å². The van der Waals surface area contributed by atoms with E-state index in [4.69, 9.17) is 9.05 Å². The Morgan fingerprint density at radius 2 is 2.00 bits per heavy atom. The van der Waals surface area contributed by atoms with Gasteiger partial charge in [0.05, 0.1) is 0 Å². The van der Waals surface area contributed by atoms with Gasteiger partial charge in [-0.1, -0.05) is 10.3 Å². The molecular formula is C13H18N4O4S. The zero-order valence-corrected chi connectivity index (χ0v) is 13.3. The lowest BCUT2D eigenvalue weighted by atomic mass is 10.3. The summed E-state index contributed by atoms with van der Waals surface area (Å²) in [5.41, 5.74) is 0.342. The normalized spacial score (nSPS) is 15.4. The molecule has 120 valence electrons. The molecule has 0 saturated heterocycles. The molecule has 0 amide bonds. The first kappa shape index (κ1) is 15.2. The Morgan fingerprint density at radius 3 is 2.64 bits per heavy atom. The van der Waals surface area contributed by atoms with Crippen molar-refractivity contribution in [2.45, 2.75) is 44.4 Å². The third-order valence-electron chi connectivity index (χ3n) is 3.55. The Kier molecular flexibility index (Phi) is 4.00. The largest absolute Gasteiger partial charge is 0.360 e. The molecule has 0 radical (unpaired) electrons. The van der Waals surface area contributed by atoms with Gasteiger partial charge >= 0.3 is 0 Å². The van der Waals surface area contributed by atoms with Crippen LogP contribution in [0.1, 0.15) is 36.0 Å². The molecule has 0 atom stereocenters. The van der Waals surface area contributed by atoms with Crippen LogP contribution in [0.3, 0.4) is 0 Å². The van der Waals surface area contributed by atoms with Gasteiger partial charge < -0.3 is 9.05 Å². The summed E-state index contributed by atoms with van der Waals surface area (Å²) in [5, 5.41) is 7.55. The maximum absolute atomic E-state index is 12.2. The molecule has 0 bridgehead atoms. The second kappa shape index (κ2) is 5.81. The van der Waals surface area contributed by atoms with E-state index >= 15 is 0 Å². The predicted molar refractivity (Wildman–Crippen MR) is 75.6 cm³/mol. The number of hydrogen-bond donors (Lipinski definition) is 1. The van der Waals surface area contributed by atoms with Crippen LogP contribution in [0.15, 0.2) is 13.9 Å². The summed E-state index contributed by atoms with van der Waals surface area (Å²) in [6, 6.07) is 0. The van der Waals surface area contributed by atoms with E-state index in [0.717, 1.165) is 6.42 Å². The predicted octanol–water partition coefficient (Wildman–Crippen LogP) is 1.15. The molecule has 1 N–H and O–H groups in total. The minimum atomic E-state index is -3.65. The number of hydrogen-bond acceptors (Lipinski definition) is 7. The van der Waals surface area contributed by atoms with E-state index in [-0.39, 0.29) is 17.2 Å². The lowest BCUT2D eigenvalue weighted by Gasteiger charge is -2.04. The summed E-state index contributed by atoms with van der Waals surface area (Å²) in [7, 11) is -3.65. The highest BCUT2D eigenvalue weighted by molar-refractivity contribution is 7.89. The molecule has 2 aromatic rings. The van der Waals surface area contributed by atoms with Crippen LogP contribution in [0.4, 0.5) is 0 Å². The molecule has 0 aliphatic heterocycles. The monoisotopic (exact) mass is 326 g/mol. The van der Waals surface area contributed by atoms with Crippen LogP contribution in [-0.4, -0.2) is 30.3 Å². The number of aryl methyl sites for hydroxylation is 2. The molecule has 1 saturated carbocycles. The highest BCUT2D eigenvalue weighted by Gasteiger charge is 2.25. The molecule has 22 heavy (non-hydrogen) atoms. The van der Waals surface area contributed by atoms with E-state index in [1.165, 1.54) is 12.8 Å². The third kappa shape index (κ3) is 3.36. The summed E-state index contributed by atoms with van der Waals surface area (Å²) in [4.78, 5) is 4.35. The van der Waals surface area contributed by atoms with Crippen molar-refractivity contribution in [3.05, 3.63) is 23.2 Å². The maximum Gasteiger partial charge on any atom is 0.245 e. The molecule has 0 spiro atoms. The number of sulfonamides is 1. The standard InChI is InChI=1S/C13H18N4O4S/c1-8-13(9(2)20-16-8)22(18,19)14-6-5-12-15-11(17-21-12)7-10-3-4-10/h10,14H,3-7H2,1-2H3. The van der Waals surface area contributed by atoms with Crippen molar-refractivity contribution in [3.63, 3.8) is 0 Å². The van der Waals surface area contributed by atoms with Crippen molar-refractivity contribution in [1.29, 1.82) is 0 Å². The maximum atomic E-state index is 12.2. The van der Waals surface area contributed by atoms with Crippen molar-refractivity contribution in [2.75, 3.05) is 6.54 Å². The highest BCUT2D eigenvalue weighted by Crippen LogP contribution is 2.31. The number of nitrogens with zero attached hydrogens (tertiary/aromatic N) is 3. The molecule has 1 aliphatic rings. The quantitative estimate of drug-likeness (QED) is 0.812. The van der Waals surface area contributed by atoms with Crippen molar-refractivity contribution in [3.8, 4) is 0 Å². The lowest BCUT2D eigenvalue weighted by Crippen LogP contribution is -2.26. The molecule has 3 rings (SSSR count). The lowest BCUT2D eigenvalue weighted by molar-refractivity contribution is 0.372. The van der Waals surface area contributed by atoms with Gasteiger partial charge in [-0.2, -0.15) is 4.98 Å².